The molecule has 3 amide bonds. The molecule has 1 aromatic carbocycles. The largest absolute Gasteiger partial charge is 0.524 e. The highest BCUT2D eigenvalue weighted by atomic mass is 31.2. The average molecular weight is 530 g/mol. The zero-order valence-corrected chi connectivity index (χ0v) is 21.6. The Hall–Kier alpha value is -2.95. The first-order valence-electron chi connectivity index (χ1n) is 11.7. The minimum absolute atomic E-state index is 0.00375. The maximum Gasteiger partial charge on any atom is 0.524 e. The lowest BCUT2D eigenvalue weighted by molar-refractivity contribution is -0.138. The number of carbonyl (C=O) groups excluding carboxylic acids is 3. The molecular weight excluding hydrogens is 493 g/mol. The standard InChI is InChI=1S/C23H36N3O9P/c1-4-15(2)6-5-13-24-22(30)19(11-12-21(28)29)26-23(31)20(25-16(3)27)14-17-7-9-18(10-8-17)35-36(32,33)34/h7-10,15,19-20H,4-6,11-14H2,1-3H3,(H,24,30)(H,25,27)(H,26,31)(H,28,29)(H2,32,33,34)/t15?,19-,20-/m0/s1. The number of phosphoric acid groups is 1. The second kappa shape index (κ2) is 15.2. The molecule has 0 saturated heterocycles. The quantitative estimate of drug-likeness (QED) is 0.136. The Bertz CT molecular complexity index is 933. The molecule has 12 nitrogen and oxygen atoms in total. The Labute approximate surface area is 210 Å². The van der Waals surface area contributed by atoms with Crippen molar-refractivity contribution in [2.24, 2.45) is 5.92 Å². The van der Waals surface area contributed by atoms with Gasteiger partial charge in [-0.25, -0.2) is 4.57 Å². The molecular formula is C23H36N3O9P. The molecule has 6 N–H and O–H groups in total. The third-order valence-electron chi connectivity index (χ3n) is 5.43. The molecule has 13 heteroatoms. The van der Waals surface area contributed by atoms with Crippen LogP contribution in [0.4, 0.5) is 0 Å². The third kappa shape index (κ3) is 13.2. The maximum absolute atomic E-state index is 13.0. The van der Waals surface area contributed by atoms with Gasteiger partial charge in [-0.3, -0.25) is 29.0 Å². The molecule has 0 fully saturated rings. The number of nitrogens with one attached hydrogen (secondary N) is 3. The molecule has 36 heavy (non-hydrogen) atoms. The highest BCUT2D eigenvalue weighted by Gasteiger charge is 2.27. The van der Waals surface area contributed by atoms with Crippen LogP contribution in [0.2, 0.25) is 0 Å². The Morgan fingerprint density at radius 2 is 1.64 bits per heavy atom. The van der Waals surface area contributed by atoms with Crippen LogP contribution in [0, 0.1) is 5.92 Å². The Balaban J connectivity index is 2.89. The molecule has 0 aliphatic heterocycles. The number of rotatable bonds is 16. The van der Waals surface area contributed by atoms with E-state index in [2.05, 4.69) is 34.3 Å². The molecule has 1 rings (SSSR count). The van der Waals surface area contributed by atoms with Gasteiger partial charge < -0.3 is 25.6 Å². The van der Waals surface area contributed by atoms with Gasteiger partial charge in [0, 0.05) is 26.3 Å². The summed E-state index contributed by atoms with van der Waals surface area (Å²) in [7, 11) is -4.72. The van der Waals surface area contributed by atoms with Gasteiger partial charge in [0.1, 0.15) is 17.8 Å². The van der Waals surface area contributed by atoms with E-state index in [4.69, 9.17) is 14.9 Å². The molecule has 1 aromatic rings. The van der Waals surface area contributed by atoms with Crippen LogP contribution in [0.15, 0.2) is 24.3 Å². The van der Waals surface area contributed by atoms with E-state index in [0.717, 1.165) is 19.3 Å². The summed E-state index contributed by atoms with van der Waals surface area (Å²) >= 11 is 0. The van der Waals surface area contributed by atoms with Crippen molar-refractivity contribution in [3.05, 3.63) is 29.8 Å². The molecule has 3 atom stereocenters. The van der Waals surface area contributed by atoms with E-state index in [-0.39, 0.29) is 25.0 Å². The molecule has 0 heterocycles. The van der Waals surface area contributed by atoms with Gasteiger partial charge in [0.05, 0.1) is 0 Å². The molecule has 1 unspecified atom stereocenters. The first kappa shape index (κ1) is 31.1. The number of phosphoric ester groups is 1. The van der Waals surface area contributed by atoms with E-state index >= 15 is 0 Å². The van der Waals surface area contributed by atoms with Crippen molar-refractivity contribution in [2.45, 2.75) is 71.4 Å². The summed E-state index contributed by atoms with van der Waals surface area (Å²) in [4.78, 5) is 66.2. The van der Waals surface area contributed by atoms with Gasteiger partial charge in [-0.05, 0) is 42.9 Å². The summed E-state index contributed by atoms with van der Waals surface area (Å²) in [6.07, 6.45) is 2.23. The lowest BCUT2D eigenvalue weighted by Gasteiger charge is -2.23. The van der Waals surface area contributed by atoms with Crippen molar-refractivity contribution in [2.75, 3.05) is 6.54 Å². The number of carboxylic acid groups (broad SMARTS) is 1. The number of amides is 3. The lowest BCUT2D eigenvalue weighted by atomic mass is 10.0. The Morgan fingerprint density at radius 1 is 1.00 bits per heavy atom. The first-order chi connectivity index (χ1) is 16.8. The second-order valence-electron chi connectivity index (χ2n) is 8.62. The van der Waals surface area contributed by atoms with Gasteiger partial charge in [0.15, 0.2) is 0 Å². The van der Waals surface area contributed by atoms with Crippen LogP contribution in [0.1, 0.15) is 58.4 Å². The Kier molecular flexibility index (Phi) is 13.1. The third-order valence-corrected chi connectivity index (χ3v) is 5.88. The van der Waals surface area contributed by atoms with E-state index < -0.39 is 43.6 Å². The number of carbonyl (C=O) groups is 4. The highest BCUT2D eigenvalue weighted by molar-refractivity contribution is 7.46. The number of hydrogen-bond donors (Lipinski definition) is 6. The summed E-state index contributed by atoms with van der Waals surface area (Å²) in [6.45, 7) is 5.80. The van der Waals surface area contributed by atoms with Crippen LogP contribution >= 0.6 is 7.82 Å². The van der Waals surface area contributed by atoms with Crippen molar-refractivity contribution in [1.29, 1.82) is 0 Å². The monoisotopic (exact) mass is 529 g/mol. The first-order valence-corrected chi connectivity index (χ1v) is 13.2. The molecule has 0 bridgehead atoms. The van der Waals surface area contributed by atoms with Crippen LogP contribution in [0.3, 0.4) is 0 Å². The number of carboxylic acids is 1. The van der Waals surface area contributed by atoms with E-state index in [9.17, 15) is 23.7 Å². The van der Waals surface area contributed by atoms with Crippen LogP contribution in [0.25, 0.3) is 0 Å². The highest BCUT2D eigenvalue weighted by Crippen LogP contribution is 2.37. The summed E-state index contributed by atoms with van der Waals surface area (Å²) < 4.78 is 15.4. The minimum atomic E-state index is -4.72. The van der Waals surface area contributed by atoms with E-state index in [1.807, 2.05) is 0 Å². The van der Waals surface area contributed by atoms with Gasteiger partial charge in [-0.2, -0.15) is 0 Å². The summed E-state index contributed by atoms with van der Waals surface area (Å²) in [6, 6.07) is 3.37. The molecule has 0 aliphatic carbocycles. The SMILES string of the molecule is CCC(C)CCCNC(=O)[C@H](CCC(=O)O)NC(=O)[C@H](Cc1ccc(OP(=O)(O)O)cc1)NC(C)=O. The normalized spacial score (nSPS) is 13.7. The molecule has 0 radical (unpaired) electrons. The van der Waals surface area contributed by atoms with Crippen LogP contribution in [0.5, 0.6) is 5.75 Å². The maximum atomic E-state index is 13.0. The van der Waals surface area contributed by atoms with Crippen molar-refractivity contribution < 1.29 is 43.2 Å². The van der Waals surface area contributed by atoms with Crippen molar-refractivity contribution >= 4 is 31.5 Å². The Morgan fingerprint density at radius 3 is 2.17 bits per heavy atom. The fourth-order valence-corrected chi connectivity index (χ4v) is 3.71. The number of aliphatic carboxylic acids is 1. The molecule has 0 aliphatic rings. The zero-order chi connectivity index (χ0) is 27.3. The van der Waals surface area contributed by atoms with E-state index in [0.29, 0.717) is 18.0 Å². The van der Waals surface area contributed by atoms with Crippen molar-refractivity contribution in [3.8, 4) is 5.75 Å². The number of benzene rings is 1. The van der Waals surface area contributed by atoms with Gasteiger partial charge in [-0.15, -0.1) is 0 Å². The summed E-state index contributed by atoms with van der Waals surface area (Å²) in [5.41, 5.74) is 0.540. The van der Waals surface area contributed by atoms with Gasteiger partial charge in [0.25, 0.3) is 0 Å². The molecule has 202 valence electrons. The van der Waals surface area contributed by atoms with E-state index in [1.54, 1.807) is 0 Å². The fraction of sp³-hybridized carbons (Fsp3) is 0.565. The summed E-state index contributed by atoms with van der Waals surface area (Å²) in [5, 5.41) is 16.8. The molecule has 0 aromatic heterocycles. The van der Waals surface area contributed by atoms with Gasteiger partial charge >= 0.3 is 13.8 Å². The van der Waals surface area contributed by atoms with Gasteiger partial charge in [-0.1, -0.05) is 32.4 Å². The average Bonchev–Trinajstić information content (AvgIpc) is 2.78. The van der Waals surface area contributed by atoms with Gasteiger partial charge in [0.2, 0.25) is 17.7 Å². The minimum Gasteiger partial charge on any atom is -0.481 e. The van der Waals surface area contributed by atoms with Crippen molar-refractivity contribution in [1.82, 2.24) is 16.0 Å². The molecule has 0 spiro atoms. The van der Waals surface area contributed by atoms with Crippen LogP contribution in [-0.2, 0) is 30.2 Å². The fourth-order valence-electron chi connectivity index (χ4n) is 3.31. The second-order valence-corrected chi connectivity index (χ2v) is 9.79. The molecule has 0 saturated carbocycles. The smallest absolute Gasteiger partial charge is 0.481 e. The lowest BCUT2D eigenvalue weighted by Crippen LogP contribution is -2.54. The zero-order valence-electron chi connectivity index (χ0n) is 20.7. The van der Waals surface area contributed by atoms with Crippen molar-refractivity contribution in [3.63, 3.8) is 0 Å². The summed E-state index contributed by atoms with van der Waals surface area (Å²) in [5.74, 6) is -2.35. The van der Waals surface area contributed by atoms with E-state index in [1.165, 1.54) is 31.2 Å². The van der Waals surface area contributed by atoms with Crippen LogP contribution in [-0.4, -0.2) is 57.2 Å². The predicted octanol–water partition coefficient (Wildman–Crippen LogP) is 1.50. The van der Waals surface area contributed by atoms with Crippen LogP contribution < -0.4 is 20.5 Å². The predicted molar refractivity (Wildman–Crippen MR) is 131 cm³/mol. The number of hydrogen-bond acceptors (Lipinski definition) is 6. The topological polar surface area (TPSA) is 191 Å².